The average molecular weight is 300 g/mol. The molecule has 0 aromatic heterocycles. The standard InChI is InChI=1S/C14H21FN2O2S/c1-2-16-8-3-4-10-20(18,19)17-9-7-12-5-6-13(15)11-14(12)17/h5-6,11,16H,2-4,7-10H2,1H3. The Labute approximate surface area is 120 Å². The van der Waals surface area contributed by atoms with Crippen molar-refractivity contribution >= 4 is 15.7 Å². The molecule has 0 unspecified atom stereocenters. The summed E-state index contributed by atoms with van der Waals surface area (Å²) in [7, 11) is -3.34. The van der Waals surface area contributed by atoms with E-state index in [9.17, 15) is 12.8 Å². The monoisotopic (exact) mass is 300 g/mol. The van der Waals surface area contributed by atoms with Gasteiger partial charge in [-0.05, 0) is 50.0 Å². The summed E-state index contributed by atoms with van der Waals surface area (Å²) in [4.78, 5) is 0. The van der Waals surface area contributed by atoms with Gasteiger partial charge in [-0.1, -0.05) is 13.0 Å². The first-order valence-corrected chi connectivity index (χ1v) is 8.65. The summed E-state index contributed by atoms with van der Waals surface area (Å²) in [5, 5.41) is 3.17. The van der Waals surface area contributed by atoms with E-state index in [-0.39, 0.29) is 5.75 Å². The van der Waals surface area contributed by atoms with Crippen LogP contribution in [-0.2, 0) is 16.4 Å². The van der Waals surface area contributed by atoms with Crippen molar-refractivity contribution in [1.82, 2.24) is 5.32 Å². The van der Waals surface area contributed by atoms with Crippen molar-refractivity contribution in [3.8, 4) is 0 Å². The number of nitrogens with one attached hydrogen (secondary N) is 1. The van der Waals surface area contributed by atoms with Crippen molar-refractivity contribution in [3.05, 3.63) is 29.6 Å². The van der Waals surface area contributed by atoms with E-state index < -0.39 is 15.8 Å². The van der Waals surface area contributed by atoms with Crippen molar-refractivity contribution in [2.45, 2.75) is 26.2 Å². The van der Waals surface area contributed by atoms with E-state index in [0.717, 1.165) is 25.1 Å². The van der Waals surface area contributed by atoms with Gasteiger partial charge in [-0.3, -0.25) is 4.31 Å². The minimum atomic E-state index is -3.34. The Bertz CT molecular complexity index is 560. The molecule has 1 heterocycles. The van der Waals surface area contributed by atoms with Gasteiger partial charge in [-0.25, -0.2) is 12.8 Å². The lowest BCUT2D eigenvalue weighted by molar-refractivity contribution is 0.584. The zero-order valence-electron chi connectivity index (χ0n) is 11.7. The van der Waals surface area contributed by atoms with Crippen molar-refractivity contribution in [1.29, 1.82) is 0 Å². The van der Waals surface area contributed by atoms with Crippen molar-refractivity contribution in [3.63, 3.8) is 0 Å². The fourth-order valence-electron chi connectivity index (χ4n) is 2.43. The van der Waals surface area contributed by atoms with Crippen molar-refractivity contribution in [2.24, 2.45) is 0 Å². The topological polar surface area (TPSA) is 49.4 Å². The first kappa shape index (κ1) is 15.3. The van der Waals surface area contributed by atoms with Gasteiger partial charge in [0.15, 0.2) is 0 Å². The van der Waals surface area contributed by atoms with Crippen molar-refractivity contribution in [2.75, 3.05) is 29.7 Å². The second-order valence-corrected chi connectivity index (χ2v) is 6.98. The molecule has 1 aromatic carbocycles. The molecule has 0 radical (unpaired) electrons. The summed E-state index contributed by atoms with van der Waals surface area (Å²) < 4.78 is 39.3. The summed E-state index contributed by atoms with van der Waals surface area (Å²) in [6.45, 7) is 4.17. The van der Waals surface area contributed by atoms with Crippen LogP contribution in [0.2, 0.25) is 0 Å². The first-order valence-electron chi connectivity index (χ1n) is 7.04. The van der Waals surface area contributed by atoms with Crippen LogP contribution in [-0.4, -0.2) is 33.8 Å². The summed E-state index contributed by atoms with van der Waals surface area (Å²) in [6.07, 6.45) is 2.11. The lowest BCUT2D eigenvalue weighted by atomic mass is 10.2. The summed E-state index contributed by atoms with van der Waals surface area (Å²) in [6, 6.07) is 4.37. The number of benzene rings is 1. The molecule has 0 aliphatic carbocycles. The van der Waals surface area contributed by atoms with Gasteiger partial charge in [0.2, 0.25) is 10.0 Å². The third kappa shape index (κ3) is 3.49. The highest BCUT2D eigenvalue weighted by molar-refractivity contribution is 7.92. The van der Waals surface area contributed by atoms with Gasteiger partial charge in [0.05, 0.1) is 11.4 Å². The molecule has 112 valence electrons. The van der Waals surface area contributed by atoms with E-state index in [4.69, 9.17) is 0 Å². The van der Waals surface area contributed by atoms with Crippen LogP contribution >= 0.6 is 0 Å². The van der Waals surface area contributed by atoms with E-state index >= 15 is 0 Å². The third-order valence-electron chi connectivity index (χ3n) is 3.49. The smallest absolute Gasteiger partial charge is 0.235 e. The fourth-order valence-corrected chi connectivity index (χ4v) is 4.06. The minimum absolute atomic E-state index is 0.119. The molecular weight excluding hydrogens is 279 g/mol. The van der Waals surface area contributed by atoms with Crippen LogP contribution < -0.4 is 9.62 Å². The Morgan fingerprint density at radius 1 is 1.35 bits per heavy atom. The highest BCUT2D eigenvalue weighted by Crippen LogP contribution is 2.31. The second-order valence-electron chi connectivity index (χ2n) is 4.97. The number of halogens is 1. The maximum atomic E-state index is 13.3. The van der Waals surface area contributed by atoms with Crippen LogP contribution in [0.4, 0.5) is 10.1 Å². The highest BCUT2D eigenvalue weighted by atomic mass is 32.2. The Morgan fingerprint density at radius 2 is 2.15 bits per heavy atom. The molecule has 1 N–H and O–H groups in total. The van der Waals surface area contributed by atoms with Crippen molar-refractivity contribution < 1.29 is 12.8 Å². The van der Waals surface area contributed by atoms with Gasteiger partial charge in [0, 0.05) is 6.54 Å². The molecule has 0 saturated carbocycles. The van der Waals surface area contributed by atoms with Gasteiger partial charge >= 0.3 is 0 Å². The zero-order valence-corrected chi connectivity index (χ0v) is 12.5. The van der Waals surface area contributed by atoms with Crippen LogP contribution in [0.25, 0.3) is 0 Å². The largest absolute Gasteiger partial charge is 0.317 e. The maximum absolute atomic E-state index is 13.3. The molecule has 6 heteroatoms. The Morgan fingerprint density at radius 3 is 2.90 bits per heavy atom. The molecule has 2 rings (SSSR count). The van der Waals surface area contributed by atoms with Crippen LogP contribution in [0.3, 0.4) is 0 Å². The van der Waals surface area contributed by atoms with E-state index in [1.54, 1.807) is 6.07 Å². The number of rotatable bonds is 7. The average Bonchev–Trinajstić information content (AvgIpc) is 2.82. The fraction of sp³-hybridized carbons (Fsp3) is 0.571. The van der Waals surface area contributed by atoms with Gasteiger partial charge in [-0.15, -0.1) is 0 Å². The van der Waals surface area contributed by atoms with Crippen LogP contribution in [0.1, 0.15) is 25.3 Å². The van der Waals surface area contributed by atoms with E-state index in [0.29, 0.717) is 25.1 Å². The molecular formula is C14H21FN2O2S. The number of hydrogen-bond acceptors (Lipinski definition) is 3. The van der Waals surface area contributed by atoms with Gasteiger partial charge in [-0.2, -0.15) is 0 Å². The van der Waals surface area contributed by atoms with Crippen LogP contribution in [0.15, 0.2) is 18.2 Å². The van der Waals surface area contributed by atoms with Crippen LogP contribution in [0, 0.1) is 5.82 Å². The maximum Gasteiger partial charge on any atom is 0.235 e. The van der Waals surface area contributed by atoms with E-state index in [1.807, 2.05) is 6.92 Å². The Balaban J connectivity index is 2.00. The molecule has 0 fully saturated rings. The van der Waals surface area contributed by atoms with Gasteiger partial charge in [0.25, 0.3) is 0 Å². The number of unbranched alkanes of at least 4 members (excludes halogenated alkanes) is 1. The number of hydrogen-bond donors (Lipinski definition) is 1. The normalized spacial score (nSPS) is 14.6. The Hall–Kier alpha value is -1.14. The lowest BCUT2D eigenvalue weighted by Gasteiger charge is -2.19. The van der Waals surface area contributed by atoms with E-state index in [1.165, 1.54) is 16.4 Å². The molecule has 4 nitrogen and oxygen atoms in total. The number of nitrogens with zero attached hydrogens (tertiary/aromatic N) is 1. The third-order valence-corrected chi connectivity index (χ3v) is 5.35. The molecule has 1 aliphatic rings. The van der Waals surface area contributed by atoms with Gasteiger partial charge in [0.1, 0.15) is 5.82 Å². The number of sulfonamides is 1. The molecule has 20 heavy (non-hydrogen) atoms. The van der Waals surface area contributed by atoms with Gasteiger partial charge < -0.3 is 5.32 Å². The predicted octanol–water partition coefficient (Wildman–Crippen LogP) is 1.91. The Kier molecular flexibility index (Phi) is 4.99. The molecule has 0 atom stereocenters. The predicted molar refractivity (Wildman–Crippen MR) is 79.0 cm³/mol. The molecule has 1 aliphatic heterocycles. The molecule has 0 bridgehead atoms. The summed E-state index contributed by atoms with van der Waals surface area (Å²) in [5.74, 6) is -0.271. The first-order chi connectivity index (χ1) is 9.54. The molecule has 1 aromatic rings. The zero-order chi connectivity index (χ0) is 14.6. The quantitative estimate of drug-likeness (QED) is 0.783. The summed E-state index contributed by atoms with van der Waals surface area (Å²) in [5.41, 5.74) is 1.42. The summed E-state index contributed by atoms with van der Waals surface area (Å²) >= 11 is 0. The highest BCUT2D eigenvalue weighted by Gasteiger charge is 2.29. The minimum Gasteiger partial charge on any atom is -0.317 e. The molecule has 0 amide bonds. The lowest BCUT2D eigenvalue weighted by Crippen LogP contribution is -2.31. The molecule has 0 spiro atoms. The second kappa shape index (κ2) is 6.54. The van der Waals surface area contributed by atoms with Crippen LogP contribution in [0.5, 0.6) is 0 Å². The number of fused-ring (bicyclic) bond motifs is 1. The number of anilines is 1. The van der Waals surface area contributed by atoms with E-state index in [2.05, 4.69) is 5.32 Å². The SMILES string of the molecule is CCNCCCCS(=O)(=O)N1CCc2ccc(F)cc21. The molecule has 0 saturated heterocycles.